The first kappa shape index (κ1) is 12.9. The summed E-state index contributed by atoms with van der Waals surface area (Å²) in [6.45, 7) is 7.49. The molecule has 18 heavy (non-hydrogen) atoms. The number of rotatable bonds is 5. The topological polar surface area (TPSA) is 15.3 Å². The molecule has 0 aromatic heterocycles. The zero-order valence-corrected chi connectivity index (χ0v) is 12.2. The minimum Gasteiger partial charge on any atom is -0.314 e. The van der Waals surface area contributed by atoms with Crippen molar-refractivity contribution in [3.05, 3.63) is 0 Å². The quantitative estimate of drug-likeness (QED) is 0.807. The summed E-state index contributed by atoms with van der Waals surface area (Å²) in [5, 5.41) is 3.71. The Bertz CT molecular complexity index is 274. The highest BCUT2D eigenvalue weighted by atomic mass is 15.2. The minimum absolute atomic E-state index is 0.766. The van der Waals surface area contributed by atoms with Crippen molar-refractivity contribution < 1.29 is 0 Å². The van der Waals surface area contributed by atoms with Crippen molar-refractivity contribution >= 4 is 0 Å². The SMILES string of the molecule is CC(CNC1CC1)C(C)N1CCCC2CCCC21. The second-order valence-corrected chi connectivity index (χ2v) is 7.04. The molecule has 0 aromatic rings. The average Bonchev–Trinajstić information content (AvgIpc) is 3.09. The monoisotopic (exact) mass is 250 g/mol. The van der Waals surface area contributed by atoms with E-state index in [-0.39, 0.29) is 0 Å². The van der Waals surface area contributed by atoms with Crippen LogP contribution in [-0.2, 0) is 0 Å². The Hall–Kier alpha value is -0.0800. The summed E-state index contributed by atoms with van der Waals surface area (Å²) in [4.78, 5) is 2.86. The van der Waals surface area contributed by atoms with Gasteiger partial charge in [0.25, 0.3) is 0 Å². The zero-order valence-electron chi connectivity index (χ0n) is 12.2. The van der Waals surface area contributed by atoms with E-state index >= 15 is 0 Å². The Balaban J connectivity index is 1.54. The normalized spacial score (nSPS) is 36.3. The molecule has 0 amide bonds. The summed E-state index contributed by atoms with van der Waals surface area (Å²) in [6.07, 6.45) is 10.2. The summed E-state index contributed by atoms with van der Waals surface area (Å²) < 4.78 is 0. The smallest absolute Gasteiger partial charge is 0.0126 e. The van der Waals surface area contributed by atoms with Crippen molar-refractivity contribution in [1.29, 1.82) is 0 Å². The second kappa shape index (κ2) is 5.50. The third-order valence-electron chi connectivity index (χ3n) is 5.69. The van der Waals surface area contributed by atoms with Crippen LogP contribution in [-0.4, -0.2) is 36.1 Å². The molecule has 2 saturated carbocycles. The van der Waals surface area contributed by atoms with Crippen molar-refractivity contribution in [1.82, 2.24) is 10.2 Å². The molecule has 104 valence electrons. The molecule has 4 unspecified atom stereocenters. The standard InChI is InChI=1S/C16H30N2/c1-12(11-17-15-8-9-15)13(2)18-10-4-6-14-5-3-7-16(14)18/h12-17H,3-11H2,1-2H3. The Morgan fingerprint density at radius 2 is 1.83 bits per heavy atom. The van der Waals surface area contributed by atoms with Gasteiger partial charge in [-0.15, -0.1) is 0 Å². The highest BCUT2D eigenvalue weighted by molar-refractivity contribution is 4.93. The van der Waals surface area contributed by atoms with Crippen LogP contribution in [0, 0.1) is 11.8 Å². The number of likely N-dealkylation sites (tertiary alicyclic amines) is 1. The van der Waals surface area contributed by atoms with Gasteiger partial charge in [-0.05, 0) is 70.4 Å². The largest absolute Gasteiger partial charge is 0.314 e. The van der Waals surface area contributed by atoms with E-state index in [0.29, 0.717) is 0 Å². The first-order valence-electron chi connectivity index (χ1n) is 8.25. The molecule has 1 aliphatic heterocycles. The molecular weight excluding hydrogens is 220 g/mol. The zero-order chi connectivity index (χ0) is 12.5. The highest BCUT2D eigenvalue weighted by Gasteiger charge is 2.38. The molecule has 3 aliphatic rings. The molecule has 3 fully saturated rings. The molecule has 4 atom stereocenters. The van der Waals surface area contributed by atoms with E-state index in [2.05, 4.69) is 24.1 Å². The lowest BCUT2D eigenvalue weighted by molar-refractivity contribution is 0.0511. The van der Waals surface area contributed by atoms with Gasteiger partial charge >= 0.3 is 0 Å². The summed E-state index contributed by atoms with van der Waals surface area (Å²) in [7, 11) is 0. The third-order valence-corrected chi connectivity index (χ3v) is 5.69. The number of nitrogens with zero attached hydrogens (tertiary/aromatic N) is 1. The van der Waals surface area contributed by atoms with Gasteiger partial charge in [-0.2, -0.15) is 0 Å². The Kier molecular flexibility index (Phi) is 3.95. The van der Waals surface area contributed by atoms with Crippen molar-refractivity contribution in [2.45, 2.75) is 76.9 Å². The molecule has 0 spiro atoms. The van der Waals surface area contributed by atoms with Crippen LogP contribution >= 0.6 is 0 Å². The van der Waals surface area contributed by atoms with Crippen LogP contribution in [0.1, 0.15) is 58.8 Å². The Morgan fingerprint density at radius 3 is 2.61 bits per heavy atom. The minimum atomic E-state index is 0.766. The van der Waals surface area contributed by atoms with Gasteiger partial charge in [0.05, 0.1) is 0 Å². The summed E-state index contributed by atoms with van der Waals surface area (Å²) in [5.41, 5.74) is 0. The number of hydrogen-bond acceptors (Lipinski definition) is 2. The maximum atomic E-state index is 3.71. The lowest BCUT2D eigenvalue weighted by Crippen LogP contribution is -2.51. The molecule has 1 N–H and O–H groups in total. The fourth-order valence-electron chi connectivity index (χ4n) is 4.14. The number of piperidine rings is 1. The van der Waals surface area contributed by atoms with Crippen molar-refractivity contribution in [3.8, 4) is 0 Å². The van der Waals surface area contributed by atoms with Gasteiger partial charge in [0.15, 0.2) is 0 Å². The third kappa shape index (κ3) is 2.75. The molecular formula is C16H30N2. The Morgan fingerprint density at radius 1 is 1.06 bits per heavy atom. The molecule has 0 radical (unpaired) electrons. The first-order valence-corrected chi connectivity index (χ1v) is 8.25. The van der Waals surface area contributed by atoms with Gasteiger partial charge in [0, 0.05) is 18.1 Å². The summed E-state index contributed by atoms with van der Waals surface area (Å²) in [6, 6.07) is 2.56. The van der Waals surface area contributed by atoms with Gasteiger partial charge in [0.1, 0.15) is 0 Å². The number of fused-ring (bicyclic) bond motifs is 1. The van der Waals surface area contributed by atoms with Crippen molar-refractivity contribution in [2.75, 3.05) is 13.1 Å². The van der Waals surface area contributed by atoms with E-state index in [1.807, 2.05) is 0 Å². The van der Waals surface area contributed by atoms with Gasteiger partial charge in [-0.1, -0.05) is 13.3 Å². The van der Waals surface area contributed by atoms with Crippen molar-refractivity contribution in [3.63, 3.8) is 0 Å². The van der Waals surface area contributed by atoms with Crippen LogP contribution in [0.25, 0.3) is 0 Å². The molecule has 2 nitrogen and oxygen atoms in total. The molecule has 1 heterocycles. The second-order valence-electron chi connectivity index (χ2n) is 7.04. The fraction of sp³-hybridized carbons (Fsp3) is 1.00. The van der Waals surface area contributed by atoms with Crippen LogP contribution < -0.4 is 5.32 Å². The fourth-order valence-corrected chi connectivity index (χ4v) is 4.14. The van der Waals surface area contributed by atoms with Crippen LogP contribution in [0.5, 0.6) is 0 Å². The van der Waals surface area contributed by atoms with Crippen LogP contribution in [0.3, 0.4) is 0 Å². The maximum absolute atomic E-state index is 3.71. The molecule has 2 aliphatic carbocycles. The molecule has 1 saturated heterocycles. The maximum Gasteiger partial charge on any atom is 0.0126 e. The average molecular weight is 250 g/mol. The number of hydrogen-bond donors (Lipinski definition) is 1. The van der Waals surface area contributed by atoms with E-state index in [9.17, 15) is 0 Å². The molecule has 0 aromatic carbocycles. The van der Waals surface area contributed by atoms with E-state index < -0.39 is 0 Å². The summed E-state index contributed by atoms with van der Waals surface area (Å²) >= 11 is 0. The van der Waals surface area contributed by atoms with Gasteiger partial charge in [0.2, 0.25) is 0 Å². The molecule has 3 rings (SSSR count). The van der Waals surface area contributed by atoms with Gasteiger partial charge in [-0.25, -0.2) is 0 Å². The predicted molar refractivity (Wildman–Crippen MR) is 76.7 cm³/mol. The molecule has 0 bridgehead atoms. The predicted octanol–water partition coefficient (Wildman–Crippen LogP) is 3.03. The Labute approximate surface area is 113 Å². The van der Waals surface area contributed by atoms with E-state index in [1.165, 1.54) is 58.0 Å². The first-order chi connectivity index (χ1) is 8.75. The van der Waals surface area contributed by atoms with Crippen LogP contribution in [0.15, 0.2) is 0 Å². The van der Waals surface area contributed by atoms with E-state index in [0.717, 1.165) is 30.0 Å². The van der Waals surface area contributed by atoms with Crippen LogP contribution in [0.2, 0.25) is 0 Å². The van der Waals surface area contributed by atoms with E-state index in [1.54, 1.807) is 0 Å². The van der Waals surface area contributed by atoms with E-state index in [4.69, 9.17) is 0 Å². The molecule has 2 heteroatoms. The van der Waals surface area contributed by atoms with Crippen molar-refractivity contribution in [2.24, 2.45) is 11.8 Å². The lowest BCUT2D eigenvalue weighted by atomic mass is 9.88. The highest BCUT2D eigenvalue weighted by Crippen LogP contribution is 2.38. The number of nitrogens with one attached hydrogen (secondary N) is 1. The lowest BCUT2D eigenvalue weighted by Gasteiger charge is -2.43. The summed E-state index contributed by atoms with van der Waals surface area (Å²) in [5.74, 6) is 1.83. The van der Waals surface area contributed by atoms with Gasteiger partial charge < -0.3 is 5.32 Å². The van der Waals surface area contributed by atoms with Crippen LogP contribution in [0.4, 0.5) is 0 Å². The van der Waals surface area contributed by atoms with Gasteiger partial charge in [-0.3, -0.25) is 4.90 Å².